The number of aromatic hydroxyl groups is 1. The summed E-state index contributed by atoms with van der Waals surface area (Å²) in [6.45, 7) is 2.76. The van der Waals surface area contributed by atoms with E-state index in [4.69, 9.17) is 4.74 Å². The van der Waals surface area contributed by atoms with E-state index < -0.39 is 0 Å². The SMILES string of the molecule is CCCN1C(=O)/C(=C\c2ccc(O)c(OC)c2)c2ccccc21. The molecule has 1 aliphatic rings. The number of carbonyl (C=O) groups excluding carboxylic acids is 1. The predicted octanol–water partition coefficient (Wildman–Crippen LogP) is 3.70. The fraction of sp³-hybridized carbons (Fsp3) is 0.211. The molecule has 0 aliphatic carbocycles. The number of methoxy groups -OCH3 is 1. The van der Waals surface area contributed by atoms with Crippen LogP contribution in [0.5, 0.6) is 11.5 Å². The van der Waals surface area contributed by atoms with Crippen LogP contribution in [-0.2, 0) is 4.79 Å². The molecule has 2 aromatic rings. The van der Waals surface area contributed by atoms with Gasteiger partial charge < -0.3 is 14.7 Å². The van der Waals surface area contributed by atoms with Crippen molar-refractivity contribution in [3.63, 3.8) is 0 Å². The van der Waals surface area contributed by atoms with Gasteiger partial charge in [0.2, 0.25) is 0 Å². The Morgan fingerprint density at radius 1 is 1.22 bits per heavy atom. The molecule has 4 heteroatoms. The summed E-state index contributed by atoms with van der Waals surface area (Å²) in [5.74, 6) is 0.490. The second kappa shape index (κ2) is 6.16. The fourth-order valence-electron chi connectivity index (χ4n) is 2.84. The van der Waals surface area contributed by atoms with Crippen molar-refractivity contribution < 1.29 is 14.6 Å². The Morgan fingerprint density at radius 2 is 2.00 bits per heavy atom. The molecule has 0 unspecified atom stereocenters. The van der Waals surface area contributed by atoms with Crippen LogP contribution in [-0.4, -0.2) is 24.7 Å². The number of carbonyl (C=O) groups is 1. The Balaban J connectivity index is 2.07. The number of rotatable bonds is 4. The van der Waals surface area contributed by atoms with Crippen LogP contribution in [0.3, 0.4) is 0 Å². The van der Waals surface area contributed by atoms with Crippen LogP contribution in [0, 0.1) is 0 Å². The lowest BCUT2D eigenvalue weighted by Crippen LogP contribution is -2.26. The van der Waals surface area contributed by atoms with Gasteiger partial charge in [-0.3, -0.25) is 4.79 Å². The number of nitrogens with zero attached hydrogens (tertiary/aromatic N) is 1. The number of phenolic OH excluding ortho intramolecular Hbond substituents is 1. The highest BCUT2D eigenvalue weighted by Gasteiger charge is 2.31. The monoisotopic (exact) mass is 309 g/mol. The van der Waals surface area contributed by atoms with E-state index >= 15 is 0 Å². The van der Waals surface area contributed by atoms with Crippen LogP contribution >= 0.6 is 0 Å². The quantitative estimate of drug-likeness (QED) is 0.876. The van der Waals surface area contributed by atoms with Gasteiger partial charge in [-0.1, -0.05) is 31.2 Å². The van der Waals surface area contributed by atoms with E-state index in [1.807, 2.05) is 35.2 Å². The molecule has 3 rings (SSSR count). The van der Waals surface area contributed by atoms with Gasteiger partial charge in [-0.15, -0.1) is 0 Å². The second-order valence-electron chi connectivity index (χ2n) is 5.46. The van der Waals surface area contributed by atoms with Gasteiger partial charge in [0.1, 0.15) is 0 Å². The van der Waals surface area contributed by atoms with E-state index in [1.54, 1.807) is 18.2 Å². The fourth-order valence-corrected chi connectivity index (χ4v) is 2.84. The number of ether oxygens (including phenoxy) is 1. The smallest absolute Gasteiger partial charge is 0.258 e. The number of anilines is 1. The first-order chi connectivity index (χ1) is 11.2. The lowest BCUT2D eigenvalue weighted by atomic mass is 10.0. The van der Waals surface area contributed by atoms with Gasteiger partial charge in [-0.25, -0.2) is 0 Å². The molecule has 0 saturated heterocycles. The molecule has 1 amide bonds. The summed E-state index contributed by atoms with van der Waals surface area (Å²) >= 11 is 0. The highest BCUT2D eigenvalue weighted by molar-refractivity contribution is 6.35. The average Bonchev–Trinajstić information content (AvgIpc) is 2.83. The van der Waals surface area contributed by atoms with E-state index in [9.17, 15) is 9.90 Å². The molecule has 4 nitrogen and oxygen atoms in total. The molecule has 2 aromatic carbocycles. The zero-order valence-electron chi connectivity index (χ0n) is 13.2. The Morgan fingerprint density at radius 3 is 2.74 bits per heavy atom. The van der Waals surface area contributed by atoms with Gasteiger partial charge in [-0.2, -0.15) is 0 Å². The zero-order chi connectivity index (χ0) is 16.4. The summed E-state index contributed by atoms with van der Waals surface area (Å²) < 4.78 is 5.13. The summed E-state index contributed by atoms with van der Waals surface area (Å²) in [5.41, 5.74) is 3.38. The minimum Gasteiger partial charge on any atom is -0.504 e. The normalized spacial score (nSPS) is 15.1. The van der Waals surface area contributed by atoms with Crippen molar-refractivity contribution >= 4 is 23.2 Å². The maximum absolute atomic E-state index is 12.8. The molecular weight excluding hydrogens is 290 g/mol. The predicted molar refractivity (Wildman–Crippen MR) is 91.6 cm³/mol. The Bertz CT molecular complexity index is 780. The summed E-state index contributed by atoms with van der Waals surface area (Å²) in [6, 6.07) is 12.9. The number of hydrogen-bond acceptors (Lipinski definition) is 3. The molecule has 0 fully saturated rings. The van der Waals surface area contributed by atoms with Crippen molar-refractivity contribution in [3.8, 4) is 11.5 Å². The van der Waals surface area contributed by atoms with E-state index in [2.05, 4.69) is 6.92 Å². The first kappa shape index (κ1) is 15.2. The van der Waals surface area contributed by atoms with Crippen molar-refractivity contribution in [2.45, 2.75) is 13.3 Å². The Hall–Kier alpha value is -2.75. The number of amides is 1. The third-order valence-electron chi connectivity index (χ3n) is 3.92. The first-order valence-electron chi connectivity index (χ1n) is 7.65. The highest BCUT2D eigenvalue weighted by atomic mass is 16.5. The van der Waals surface area contributed by atoms with Gasteiger partial charge in [-0.05, 0) is 36.3 Å². The van der Waals surface area contributed by atoms with Crippen LogP contribution in [0.1, 0.15) is 24.5 Å². The summed E-state index contributed by atoms with van der Waals surface area (Å²) in [6.07, 6.45) is 2.75. The molecule has 0 aromatic heterocycles. The van der Waals surface area contributed by atoms with Crippen molar-refractivity contribution in [1.29, 1.82) is 0 Å². The third kappa shape index (κ3) is 2.68. The van der Waals surface area contributed by atoms with Crippen LogP contribution in [0.25, 0.3) is 11.6 Å². The molecule has 0 radical (unpaired) electrons. The number of para-hydroxylation sites is 1. The number of phenols is 1. The van der Waals surface area contributed by atoms with Gasteiger partial charge in [0.25, 0.3) is 5.91 Å². The molecule has 0 atom stereocenters. The summed E-state index contributed by atoms with van der Waals surface area (Å²) in [4.78, 5) is 14.6. The molecule has 0 spiro atoms. The Kier molecular flexibility index (Phi) is 4.06. The van der Waals surface area contributed by atoms with E-state index in [0.717, 1.165) is 23.2 Å². The molecular formula is C19H19NO3. The largest absolute Gasteiger partial charge is 0.504 e. The van der Waals surface area contributed by atoms with Gasteiger partial charge in [0, 0.05) is 17.7 Å². The van der Waals surface area contributed by atoms with Gasteiger partial charge in [0.15, 0.2) is 11.5 Å². The molecule has 0 bridgehead atoms. The zero-order valence-corrected chi connectivity index (χ0v) is 13.2. The van der Waals surface area contributed by atoms with Crippen LogP contribution in [0.4, 0.5) is 5.69 Å². The van der Waals surface area contributed by atoms with Crippen LogP contribution in [0.15, 0.2) is 42.5 Å². The van der Waals surface area contributed by atoms with Crippen LogP contribution < -0.4 is 9.64 Å². The van der Waals surface area contributed by atoms with Gasteiger partial charge >= 0.3 is 0 Å². The highest BCUT2D eigenvalue weighted by Crippen LogP contribution is 2.38. The molecule has 1 N–H and O–H groups in total. The minimum absolute atomic E-state index is 0.0140. The van der Waals surface area contributed by atoms with Crippen molar-refractivity contribution in [3.05, 3.63) is 53.6 Å². The molecule has 23 heavy (non-hydrogen) atoms. The Labute approximate surface area is 135 Å². The van der Waals surface area contributed by atoms with E-state index in [1.165, 1.54) is 7.11 Å². The molecule has 118 valence electrons. The van der Waals surface area contributed by atoms with Crippen molar-refractivity contribution in [2.24, 2.45) is 0 Å². The van der Waals surface area contributed by atoms with Crippen LogP contribution in [0.2, 0.25) is 0 Å². The van der Waals surface area contributed by atoms with E-state index in [0.29, 0.717) is 17.9 Å². The van der Waals surface area contributed by atoms with Gasteiger partial charge in [0.05, 0.1) is 12.8 Å². The maximum atomic E-state index is 12.8. The number of fused-ring (bicyclic) bond motifs is 1. The number of benzene rings is 2. The van der Waals surface area contributed by atoms with E-state index in [-0.39, 0.29) is 11.7 Å². The molecule has 0 saturated carbocycles. The van der Waals surface area contributed by atoms with Crippen molar-refractivity contribution in [1.82, 2.24) is 0 Å². The molecule has 1 heterocycles. The van der Waals surface area contributed by atoms with Crippen molar-refractivity contribution in [2.75, 3.05) is 18.6 Å². The first-order valence-corrected chi connectivity index (χ1v) is 7.65. The summed E-state index contributed by atoms with van der Waals surface area (Å²) in [7, 11) is 1.50. The minimum atomic E-state index is 0.0140. The maximum Gasteiger partial charge on any atom is 0.258 e. The third-order valence-corrected chi connectivity index (χ3v) is 3.92. The standard InChI is InChI=1S/C19H19NO3/c1-3-10-20-16-7-5-4-6-14(16)15(19(20)22)11-13-8-9-17(21)18(12-13)23-2/h4-9,11-12,21H,3,10H2,1-2H3/b15-11-. The second-order valence-corrected chi connectivity index (χ2v) is 5.46. The lowest BCUT2D eigenvalue weighted by molar-refractivity contribution is -0.113. The molecule has 1 aliphatic heterocycles. The average molecular weight is 309 g/mol. The lowest BCUT2D eigenvalue weighted by Gasteiger charge is -2.15. The topological polar surface area (TPSA) is 49.8 Å². The summed E-state index contributed by atoms with van der Waals surface area (Å²) in [5, 5.41) is 9.70. The number of hydrogen-bond donors (Lipinski definition) is 1.